The summed E-state index contributed by atoms with van der Waals surface area (Å²) in [6, 6.07) is 13.1. The van der Waals surface area contributed by atoms with Gasteiger partial charge in [-0.1, -0.05) is 12.1 Å². The summed E-state index contributed by atoms with van der Waals surface area (Å²) in [5.41, 5.74) is 1.38. The minimum atomic E-state index is -4.37. The number of carbonyl (C=O) groups is 1. The van der Waals surface area contributed by atoms with E-state index in [1.165, 1.54) is 12.1 Å². The standard InChI is InChI=1S/C21H25F3N4O3.HI/c1-25-20(27-12-11-26-19(29)16-5-9-17(30-2)10-6-16)28-13-15-3-7-18(8-4-15)31-14-21(22,23)24;/h3-10H,11-14H2,1-2H3,(H,26,29)(H2,25,27,28);1H. The Morgan fingerprint density at radius 1 is 0.938 bits per heavy atom. The molecule has 0 aromatic heterocycles. The summed E-state index contributed by atoms with van der Waals surface area (Å²) in [6.07, 6.45) is -4.37. The van der Waals surface area contributed by atoms with Gasteiger partial charge in [0.1, 0.15) is 11.5 Å². The van der Waals surface area contributed by atoms with Gasteiger partial charge in [0, 0.05) is 32.2 Å². The van der Waals surface area contributed by atoms with Crippen LogP contribution >= 0.6 is 24.0 Å². The van der Waals surface area contributed by atoms with Crippen LogP contribution in [0.15, 0.2) is 53.5 Å². The molecule has 0 bridgehead atoms. The molecule has 1 amide bonds. The number of guanidine groups is 1. The van der Waals surface area contributed by atoms with E-state index in [9.17, 15) is 18.0 Å². The van der Waals surface area contributed by atoms with Crippen LogP contribution < -0.4 is 25.4 Å². The Morgan fingerprint density at radius 2 is 1.53 bits per heavy atom. The number of rotatable bonds is 9. The van der Waals surface area contributed by atoms with Gasteiger partial charge >= 0.3 is 6.18 Å². The highest BCUT2D eigenvalue weighted by Gasteiger charge is 2.28. The van der Waals surface area contributed by atoms with E-state index < -0.39 is 12.8 Å². The van der Waals surface area contributed by atoms with Gasteiger partial charge in [-0.15, -0.1) is 24.0 Å². The van der Waals surface area contributed by atoms with E-state index in [0.29, 0.717) is 36.9 Å². The van der Waals surface area contributed by atoms with Gasteiger partial charge in [-0.3, -0.25) is 9.79 Å². The van der Waals surface area contributed by atoms with Crippen LogP contribution in [0.4, 0.5) is 13.2 Å². The molecule has 0 radical (unpaired) electrons. The van der Waals surface area contributed by atoms with Gasteiger partial charge in [0.25, 0.3) is 5.91 Å². The van der Waals surface area contributed by atoms with Crippen LogP contribution in [0.2, 0.25) is 0 Å². The van der Waals surface area contributed by atoms with E-state index in [-0.39, 0.29) is 35.6 Å². The fourth-order valence-corrected chi connectivity index (χ4v) is 2.48. The summed E-state index contributed by atoms with van der Waals surface area (Å²) < 4.78 is 46.3. The summed E-state index contributed by atoms with van der Waals surface area (Å²) in [5.74, 6) is 1.16. The Kier molecular flexibility index (Phi) is 11.7. The number of hydrogen-bond donors (Lipinski definition) is 3. The molecule has 0 unspecified atom stereocenters. The number of hydrogen-bond acceptors (Lipinski definition) is 4. The molecule has 32 heavy (non-hydrogen) atoms. The van der Waals surface area contributed by atoms with E-state index in [4.69, 9.17) is 4.74 Å². The van der Waals surface area contributed by atoms with Crippen molar-refractivity contribution in [2.45, 2.75) is 12.7 Å². The molecule has 7 nitrogen and oxygen atoms in total. The Labute approximate surface area is 201 Å². The smallest absolute Gasteiger partial charge is 0.422 e. The van der Waals surface area contributed by atoms with Gasteiger partial charge in [0.15, 0.2) is 12.6 Å². The van der Waals surface area contributed by atoms with Crippen LogP contribution in [0.3, 0.4) is 0 Å². The first kappa shape index (κ1) is 27.3. The van der Waals surface area contributed by atoms with Crippen molar-refractivity contribution in [1.82, 2.24) is 16.0 Å². The lowest BCUT2D eigenvalue weighted by Crippen LogP contribution is -2.41. The molecule has 2 rings (SSSR count). The molecule has 0 aliphatic heterocycles. The molecule has 0 aliphatic rings. The first-order valence-corrected chi connectivity index (χ1v) is 9.46. The van der Waals surface area contributed by atoms with Crippen molar-refractivity contribution in [3.05, 3.63) is 59.7 Å². The Bertz CT molecular complexity index is 860. The predicted molar refractivity (Wildman–Crippen MR) is 127 cm³/mol. The maximum absolute atomic E-state index is 12.2. The molecule has 0 atom stereocenters. The molecule has 0 saturated heterocycles. The van der Waals surface area contributed by atoms with Crippen LogP contribution in [-0.4, -0.2) is 51.9 Å². The van der Waals surface area contributed by atoms with Crippen molar-refractivity contribution in [1.29, 1.82) is 0 Å². The third-order valence-corrected chi connectivity index (χ3v) is 4.06. The van der Waals surface area contributed by atoms with Gasteiger partial charge in [0.2, 0.25) is 0 Å². The number of methoxy groups -OCH3 is 1. The predicted octanol–water partition coefficient (Wildman–Crippen LogP) is 3.35. The van der Waals surface area contributed by atoms with Gasteiger partial charge in [-0.2, -0.15) is 13.2 Å². The second kappa shape index (κ2) is 13.7. The van der Waals surface area contributed by atoms with Crippen molar-refractivity contribution in [2.75, 3.05) is 33.9 Å². The SMILES string of the molecule is CN=C(NCCNC(=O)c1ccc(OC)cc1)NCc1ccc(OCC(F)(F)F)cc1.I. The highest BCUT2D eigenvalue weighted by atomic mass is 127. The van der Waals surface area contributed by atoms with Crippen LogP contribution in [0.5, 0.6) is 11.5 Å². The highest BCUT2D eigenvalue weighted by molar-refractivity contribution is 14.0. The largest absolute Gasteiger partial charge is 0.497 e. The number of aliphatic imine (C=N–C) groups is 1. The molecule has 3 N–H and O–H groups in total. The average molecular weight is 566 g/mol. The van der Waals surface area contributed by atoms with Crippen molar-refractivity contribution in [3.8, 4) is 11.5 Å². The molecule has 11 heteroatoms. The number of alkyl halides is 3. The zero-order chi connectivity index (χ0) is 22.7. The third-order valence-electron chi connectivity index (χ3n) is 4.06. The molecule has 0 spiro atoms. The van der Waals surface area contributed by atoms with Crippen LogP contribution in [0.25, 0.3) is 0 Å². The molecule has 0 saturated carbocycles. The van der Waals surface area contributed by atoms with Crippen molar-refractivity contribution < 1.29 is 27.4 Å². The molecule has 2 aromatic carbocycles. The molecular formula is C21H26F3IN4O3. The zero-order valence-corrected chi connectivity index (χ0v) is 20.0. The van der Waals surface area contributed by atoms with E-state index >= 15 is 0 Å². The van der Waals surface area contributed by atoms with Crippen LogP contribution in [0.1, 0.15) is 15.9 Å². The number of amides is 1. The van der Waals surface area contributed by atoms with Crippen LogP contribution in [-0.2, 0) is 6.54 Å². The number of halogens is 4. The molecule has 0 heterocycles. The lowest BCUT2D eigenvalue weighted by Gasteiger charge is -2.13. The zero-order valence-electron chi connectivity index (χ0n) is 17.7. The molecule has 2 aromatic rings. The topological polar surface area (TPSA) is 84.0 Å². The monoisotopic (exact) mass is 566 g/mol. The van der Waals surface area contributed by atoms with Crippen molar-refractivity contribution in [3.63, 3.8) is 0 Å². The van der Waals surface area contributed by atoms with E-state index in [1.54, 1.807) is 50.6 Å². The minimum absolute atomic E-state index is 0. The van der Waals surface area contributed by atoms with Gasteiger partial charge in [-0.25, -0.2) is 0 Å². The summed E-state index contributed by atoms with van der Waals surface area (Å²) in [5, 5.41) is 8.95. The van der Waals surface area contributed by atoms with Gasteiger partial charge in [0.05, 0.1) is 7.11 Å². The molecule has 0 fully saturated rings. The number of nitrogens with zero attached hydrogens (tertiary/aromatic N) is 1. The lowest BCUT2D eigenvalue weighted by atomic mass is 10.2. The Hall–Kier alpha value is -2.70. The second-order valence-corrected chi connectivity index (χ2v) is 6.38. The van der Waals surface area contributed by atoms with E-state index in [0.717, 1.165) is 5.56 Å². The molecule has 0 aliphatic carbocycles. The number of benzene rings is 2. The molecule has 176 valence electrons. The quantitative estimate of drug-likeness (QED) is 0.188. The Balaban J connectivity index is 0.00000512. The first-order valence-electron chi connectivity index (χ1n) is 9.46. The second-order valence-electron chi connectivity index (χ2n) is 6.38. The van der Waals surface area contributed by atoms with E-state index in [1.807, 2.05) is 0 Å². The number of carbonyl (C=O) groups excluding carboxylic acids is 1. The fraction of sp³-hybridized carbons (Fsp3) is 0.333. The first-order chi connectivity index (χ1) is 14.8. The summed E-state index contributed by atoms with van der Waals surface area (Å²) in [7, 11) is 3.17. The summed E-state index contributed by atoms with van der Waals surface area (Å²) in [4.78, 5) is 16.2. The normalized spacial score (nSPS) is 11.2. The summed E-state index contributed by atoms with van der Waals surface area (Å²) >= 11 is 0. The maximum Gasteiger partial charge on any atom is 0.422 e. The third kappa shape index (κ3) is 10.1. The average Bonchev–Trinajstić information content (AvgIpc) is 2.77. The number of ether oxygens (including phenoxy) is 2. The minimum Gasteiger partial charge on any atom is -0.497 e. The van der Waals surface area contributed by atoms with Crippen molar-refractivity contribution >= 4 is 35.8 Å². The summed E-state index contributed by atoms with van der Waals surface area (Å²) in [6.45, 7) is -0.0732. The number of nitrogens with one attached hydrogen (secondary N) is 3. The maximum atomic E-state index is 12.2. The fourth-order valence-electron chi connectivity index (χ4n) is 2.48. The van der Waals surface area contributed by atoms with Crippen LogP contribution in [0, 0.1) is 0 Å². The highest BCUT2D eigenvalue weighted by Crippen LogP contribution is 2.18. The molecular weight excluding hydrogens is 540 g/mol. The van der Waals surface area contributed by atoms with Crippen molar-refractivity contribution in [2.24, 2.45) is 4.99 Å². The van der Waals surface area contributed by atoms with Gasteiger partial charge < -0.3 is 25.4 Å². The Morgan fingerprint density at radius 3 is 2.09 bits per heavy atom. The lowest BCUT2D eigenvalue weighted by molar-refractivity contribution is -0.153. The van der Waals surface area contributed by atoms with E-state index in [2.05, 4.69) is 25.7 Å². The van der Waals surface area contributed by atoms with Gasteiger partial charge in [-0.05, 0) is 42.0 Å².